The summed E-state index contributed by atoms with van der Waals surface area (Å²) in [5.74, 6) is 0.748. The fraction of sp³-hybridized carbons (Fsp3) is 0.350. The number of sulfonamides is 1. The third kappa shape index (κ3) is 5.54. The van der Waals surface area contributed by atoms with Gasteiger partial charge in [-0.3, -0.25) is 0 Å². The summed E-state index contributed by atoms with van der Waals surface area (Å²) in [6.45, 7) is 4.84. The van der Waals surface area contributed by atoms with Crippen LogP contribution >= 0.6 is 0 Å². The molecule has 2 aromatic rings. The summed E-state index contributed by atoms with van der Waals surface area (Å²) in [6.07, 6.45) is 0. The lowest BCUT2D eigenvalue weighted by molar-refractivity contribution is 0.171. The highest BCUT2D eigenvalue weighted by Gasteiger charge is 2.24. The highest BCUT2D eigenvalue weighted by atomic mass is 32.2. The van der Waals surface area contributed by atoms with Crippen LogP contribution in [0.3, 0.4) is 0 Å². The van der Waals surface area contributed by atoms with Crippen molar-refractivity contribution in [1.82, 2.24) is 4.31 Å². The third-order valence-electron chi connectivity index (χ3n) is 4.11. The van der Waals surface area contributed by atoms with Gasteiger partial charge in [0.15, 0.2) is 0 Å². The molecule has 0 unspecified atom stereocenters. The molecule has 0 aliphatic rings. The lowest BCUT2D eigenvalue weighted by Crippen LogP contribution is -2.37. The van der Waals surface area contributed by atoms with E-state index in [1.165, 1.54) is 35.7 Å². The first-order chi connectivity index (χ1) is 12.9. The number of rotatable bonds is 9. The molecule has 6 nitrogen and oxygen atoms in total. The minimum absolute atomic E-state index is 0.143. The normalized spacial score (nSPS) is 11.4. The van der Waals surface area contributed by atoms with Gasteiger partial charge in [-0.25, -0.2) is 8.42 Å². The molecule has 0 atom stereocenters. The molecule has 0 aliphatic carbocycles. The third-order valence-corrected chi connectivity index (χ3v) is 6.02. The van der Waals surface area contributed by atoms with E-state index in [0.29, 0.717) is 5.56 Å². The largest absolute Gasteiger partial charge is 0.492 e. The van der Waals surface area contributed by atoms with E-state index in [4.69, 9.17) is 14.7 Å². The van der Waals surface area contributed by atoms with Crippen LogP contribution < -0.4 is 4.74 Å². The van der Waals surface area contributed by atoms with Crippen molar-refractivity contribution in [3.8, 4) is 11.8 Å². The molecule has 0 amide bonds. The van der Waals surface area contributed by atoms with E-state index >= 15 is 0 Å². The zero-order valence-electron chi connectivity index (χ0n) is 15.8. The minimum atomic E-state index is -3.71. The Morgan fingerprint density at radius 2 is 1.70 bits per heavy atom. The number of nitrogens with zero attached hydrogens (tertiary/aromatic N) is 2. The quantitative estimate of drug-likeness (QED) is 0.660. The second-order valence-electron chi connectivity index (χ2n) is 6.15. The maximum absolute atomic E-state index is 12.9. The molecule has 0 fully saturated rings. The van der Waals surface area contributed by atoms with Gasteiger partial charge in [0, 0.05) is 20.2 Å². The summed E-state index contributed by atoms with van der Waals surface area (Å²) in [5.41, 5.74) is 2.49. The van der Waals surface area contributed by atoms with Crippen molar-refractivity contribution in [3.05, 3.63) is 59.2 Å². The molecule has 0 spiro atoms. The maximum Gasteiger partial charge on any atom is 0.243 e. The molecule has 7 heteroatoms. The van der Waals surface area contributed by atoms with Gasteiger partial charge in [0.2, 0.25) is 10.0 Å². The summed E-state index contributed by atoms with van der Waals surface area (Å²) >= 11 is 0. The molecule has 0 N–H and O–H groups in total. The Balaban J connectivity index is 2.13. The summed E-state index contributed by atoms with van der Waals surface area (Å²) in [5, 5.41) is 8.88. The Bertz CT molecular complexity index is 903. The van der Waals surface area contributed by atoms with Crippen LogP contribution in [-0.4, -0.2) is 46.1 Å². The van der Waals surface area contributed by atoms with Crippen LogP contribution in [0.25, 0.3) is 0 Å². The standard InChI is InChI=1S/C20H24N2O4S/c1-16-4-5-17(2)20(14-16)26-13-11-22(10-12-25-3)27(23,24)19-8-6-18(15-21)7-9-19/h4-9,14H,10-13H2,1-3H3. The summed E-state index contributed by atoms with van der Waals surface area (Å²) in [4.78, 5) is 0.143. The van der Waals surface area contributed by atoms with Crippen molar-refractivity contribution in [2.75, 3.05) is 33.4 Å². The smallest absolute Gasteiger partial charge is 0.243 e. The molecule has 0 heterocycles. The van der Waals surface area contributed by atoms with Crippen molar-refractivity contribution in [1.29, 1.82) is 5.26 Å². The Labute approximate surface area is 161 Å². The fourth-order valence-corrected chi connectivity index (χ4v) is 3.92. The molecule has 2 rings (SSSR count). The number of methoxy groups -OCH3 is 1. The fourth-order valence-electron chi connectivity index (χ4n) is 2.52. The highest BCUT2D eigenvalue weighted by Crippen LogP contribution is 2.20. The number of hydrogen-bond acceptors (Lipinski definition) is 5. The molecule has 27 heavy (non-hydrogen) atoms. The van der Waals surface area contributed by atoms with E-state index in [1.807, 2.05) is 38.1 Å². The molecule has 0 aromatic heterocycles. The molecule has 0 saturated carbocycles. The van der Waals surface area contributed by atoms with Gasteiger partial charge >= 0.3 is 0 Å². The minimum Gasteiger partial charge on any atom is -0.492 e. The summed E-state index contributed by atoms with van der Waals surface area (Å²) in [7, 11) is -2.18. The van der Waals surface area contributed by atoms with Gasteiger partial charge in [-0.1, -0.05) is 12.1 Å². The van der Waals surface area contributed by atoms with Crippen molar-refractivity contribution in [2.24, 2.45) is 0 Å². The zero-order chi connectivity index (χ0) is 19.9. The van der Waals surface area contributed by atoms with Crippen LogP contribution in [-0.2, 0) is 14.8 Å². The molecule has 0 bridgehead atoms. The number of benzene rings is 2. The van der Waals surface area contributed by atoms with E-state index in [2.05, 4.69) is 0 Å². The first-order valence-corrected chi connectivity index (χ1v) is 10.0. The van der Waals surface area contributed by atoms with Gasteiger partial charge < -0.3 is 9.47 Å². The predicted molar refractivity (Wildman–Crippen MR) is 103 cm³/mol. The lowest BCUT2D eigenvalue weighted by atomic mass is 10.1. The number of ether oxygens (including phenoxy) is 2. The van der Waals surface area contributed by atoms with Crippen LogP contribution in [0.2, 0.25) is 0 Å². The highest BCUT2D eigenvalue weighted by molar-refractivity contribution is 7.89. The van der Waals surface area contributed by atoms with Crippen LogP contribution in [0.4, 0.5) is 0 Å². The first-order valence-electron chi connectivity index (χ1n) is 8.58. The average molecular weight is 388 g/mol. The van der Waals surface area contributed by atoms with Crippen molar-refractivity contribution >= 4 is 10.0 Å². The number of nitriles is 1. The molecular weight excluding hydrogens is 364 g/mol. The van der Waals surface area contributed by atoms with Gasteiger partial charge in [0.1, 0.15) is 12.4 Å². The molecule has 2 aromatic carbocycles. The first kappa shape index (κ1) is 20.9. The zero-order valence-corrected chi connectivity index (χ0v) is 16.6. The molecular formula is C20H24N2O4S. The van der Waals surface area contributed by atoms with E-state index < -0.39 is 10.0 Å². The van der Waals surface area contributed by atoms with Crippen molar-refractivity contribution in [2.45, 2.75) is 18.7 Å². The molecule has 0 radical (unpaired) electrons. The van der Waals surface area contributed by atoms with E-state index in [1.54, 1.807) is 0 Å². The van der Waals surface area contributed by atoms with Crippen molar-refractivity contribution < 1.29 is 17.9 Å². The van der Waals surface area contributed by atoms with Gasteiger partial charge in [-0.15, -0.1) is 0 Å². The van der Waals surface area contributed by atoms with Crippen LogP contribution in [0, 0.1) is 25.2 Å². The van der Waals surface area contributed by atoms with Gasteiger partial charge in [-0.2, -0.15) is 9.57 Å². The van der Waals surface area contributed by atoms with Crippen LogP contribution in [0.5, 0.6) is 5.75 Å². The van der Waals surface area contributed by atoms with Crippen LogP contribution in [0.15, 0.2) is 47.4 Å². The lowest BCUT2D eigenvalue weighted by Gasteiger charge is -2.22. The second-order valence-corrected chi connectivity index (χ2v) is 8.09. The van der Waals surface area contributed by atoms with Gasteiger partial charge in [0.25, 0.3) is 0 Å². The second kappa shape index (κ2) is 9.51. The van der Waals surface area contributed by atoms with Gasteiger partial charge in [0.05, 0.1) is 23.1 Å². The van der Waals surface area contributed by atoms with Crippen LogP contribution in [0.1, 0.15) is 16.7 Å². The number of hydrogen-bond donors (Lipinski definition) is 0. The molecule has 0 aliphatic heterocycles. The SMILES string of the molecule is COCCN(CCOc1cc(C)ccc1C)S(=O)(=O)c1ccc(C#N)cc1. The molecule has 144 valence electrons. The topological polar surface area (TPSA) is 79.6 Å². The van der Waals surface area contributed by atoms with E-state index in [0.717, 1.165) is 16.9 Å². The number of aryl methyl sites for hydroxylation is 2. The monoisotopic (exact) mass is 388 g/mol. The Kier molecular flexibility index (Phi) is 7.36. The predicted octanol–water partition coefficient (Wildman–Crippen LogP) is 2.89. The summed E-state index contributed by atoms with van der Waals surface area (Å²) in [6, 6.07) is 13.8. The summed E-state index contributed by atoms with van der Waals surface area (Å²) < 4.78 is 38.1. The Hall–Kier alpha value is -2.40. The maximum atomic E-state index is 12.9. The Morgan fingerprint density at radius 1 is 1.04 bits per heavy atom. The average Bonchev–Trinajstić information content (AvgIpc) is 2.67. The van der Waals surface area contributed by atoms with Crippen molar-refractivity contribution in [3.63, 3.8) is 0 Å². The van der Waals surface area contributed by atoms with E-state index in [-0.39, 0.29) is 31.2 Å². The molecule has 0 saturated heterocycles. The van der Waals surface area contributed by atoms with Gasteiger partial charge in [-0.05, 0) is 55.3 Å². The Morgan fingerprint density at radius 3 is 2.33 bits per heavy atom. The van der Waals surface area contributed by atoms with E-state index in [9.17, 15) is 8.42 Å².